The number of methoxy groups -OCH3 is 1. The molecule has 3 rings (SSSR count). The quantitative estimate of drug-likeness (QED) is 0.797. The van der Waals surface area contributed by atoms with Crippen LogP contribution in [0.2, 0.25) is 0 Å². The van der Waals surface area contributed by atoms with Gasteiger partial charge in [-0.3, -0.25) is 0 Å². The molecule has 0 saturated heterocycles. The van der Waals surface area contributed by atoms with Crippen LogP contribution in [0, 0.1) is 12.8 Å². The van der Waals surface area contributed by atoms with Gasteiger partial charge in [0.05, 0.1) is 13.2 Å². The van der Waals surface area contributed by atoms with Gasteiger partial charge in [-0.2, -0.15) is 0 Å². The number of ether oxygens (including phenoxy) is 1. The molecule has 0 aliphatic heterocycles. The summed E-state index contributed by atoms with van der Waals surface area (Å²) < 4.78 is 5.35. The molecule has 1 aliphatic rings. The maximum atomic E-state index is 5.35. The van der Waals surface area contributed by atoms with E-state index in [1.54, 1.807) is 7.11 Å². The highest BCUT2D eigenvalue weighted by molar-refractivity contribution is 7.10. The summed E-state index contributed by atoms with van der Waals surface area (Å²) in [7, 11) is 1.72. The standard InChI is InChI=1S/C18H23NOS/c1-13-12-15(9-10-16(13)20-2)19-18(14-6-3-4-7-14)17-8-5-11-21-17/h5,8-12,14,18-19H,3-4,6-7H2,1-2H3. The van der Waals surface area contributed by atoms with Crippen molar-refractivity contribution < 1.29 is 4.74 Å². The van der Waals surface area contributed by atoms with Gasteiger partial charge in [-0.05, 0) is 60.9 Å². The Morgan fingerprint density at radius 1 is 1.24 bits per heavy atom. The van der Waals surface area contributed by atoms with Crippen molar-refractivity contribution in [3.63, 3.8) is 0 Å². The SMILES string of the molecule is COc1ccc(NC(c2cccs2)C2CCCC2)cc1C. The van der Waals surface area contributed by atoms with Gasteiger partial charge in [0.2, 0.25) is 0 Å². The number of anilines is 1. The molecule has 1 heterocycles. The first-order chi connectivity index (χ1) is 10.3. The first-order valence-corrected chi connectivity index (χ1v) is 8.60. The molecule has 0 spiro atoms. The van der Waals surface area contributed by atoms with Crippen molar-refractivity contribution in [2.45, 2.75) is 38.6 Å². The smallest absolute Gasteiger partial charge is 0.121 e. The Morgan fingerprint density at radius 2 is 2.05 bits per heavy atom. The maximum absolute atomic E-state index is 5.35. The number of aryl methyl sites for hydroxylation is 1. The van der Waals surface area contributed by atoms with Crippen LogP contribution in [-0.4, -0.2) is 7.11 Å². The number of nitrogens with one attached hydrogen (secondary N) is 1. The summed E-state index contributed by atoms with van der Waals surface area (Å²) in [5, 5.41) is 5.95. The minimum absolute atomic E-state index is 0.445. The maximum Gasteiger partial charge on any atom is 0.121 e. The lowest BCUT2D eigenvalue weighted by Crippen LogP contribution is -2.18. The van der Waals surface area contributed by atoms with Crippen LogP contribution in [-0.2, 0) is 0 Å². The number of hydrogen-bond acceptors (Lipinski definition) is 3. The van der Waals surface area contributed by atoms with E-state index in [4.69, 9.17) is 4.74 Å². The van der Waals surface area contributed by atoms with Gasteiger partial charge in [-0.15, -0.1) is 11.3 Å². The monoisotopic (exact) mass is 301 g/mol. The molecule has 1 fully saturated rings. The fourth-order valence-electron chi connectivity index (χ4n) is 3.33. The van der Waals surface area contributed by atoms with E-state index in [1.165, 1.54) is 41.8 Å². The lowest BCUT2D eigenvalue weighted by atomic mass is 9.96. The highest BCUT2D eigenvalue weighted by atomic mass is 32.1. The molecule has 1 aliphatic carbocycles. The molecule has 1 saturated carbocycles. The summed E-state index contributed by atoms with van der Waals surface area (Å²) in [6.07, 6.45) is 5.42. The molecule has 1 N–H and O–H groups in total. The van der Waals surface area contributed by atoms with E-state index in [-0.39, 0.29) is 0 Å². The topological polar surface area (TPSA) is 21.3 Å². The average molecular weight is 301 g/mol. The molecule has 2 nitrogen and oxygen atoms in total. The van der Waals surface area contributed by atoms with Gasteiger partial charge in [0, 0.05) is 10.6 Å². The molecule has 3 heteroatoms. The molecule has 1 aromatic heterocycles. The van der Waals surface area contributed by atoms with Gasteiger partial charge in [-0.25, -0.2) is 0 Å². The fourth-order valence-corrected chi connectivity index (χ4v) is 4.20. The summed E-state index contributed by atoms with van der Waals surface area (Å²) in [6.45, 7) is 2.10. The van der Waals surface area contributed by atoms with Crippen molar-refractivity contribution in [2.75, 3.05) is 12.4 Å². The summed E-state index contributed by atoms with van der Waals surface area (Å²) >= 11 is 1.86. The van der Waals surface area contributed by atoms with E-state index < -0.39 is 0 Å². The molecule has 1 aromatic carbocycles. The molecule has 1 atom stereocenters. The van der Waals surface area contributed by atoms with Crippen molar-refractivity contribution in [3.8, 4) is 5.75 Å². The van der Waals surface area contributed by atoms with Crippen LogP contribution in [0.1, 0.15) is 42.2 Å². The molecule has 0 radical (unpaired) electrons. The lowest BCUT2D eigenvalue weighted by molar-refractivity contribution is 0.411. The van der Waals surface area contributed by atoms with Crippen LogP contribution in [0.25, 0.3) is 0 Å². The van der Waals surface area contributed by atoms with Crippen molar-refractivity contribution in [3.05, 3.63) is 46.2 Å². The molecule has 1 unspecified atom stereocenters. The van der Waals surface area contributed by atoms with Gasteiger partial charge in [0.1, 0.15) is 5.75 Å². The first-order valence-electron chi connectivity index (χ1n) is 7.72. The molecular formula is C18H23NOS. The van der Waals surface area contributed by atoms with Crippen LogP contribution < -0.4 is 10.1 Å². The van der Waals surface area contributed by atoms with E-state index >= 15 is 0 Å². The van der Waals surface area contributed by atoms with E-state index in [0.29, 0.717) is 6.04 Å². The first kappa shape index (κ1) is 14.5. The van der Waals surface area contributed by atoms with Crippen LogP contribution in [0.15, 0.2) is 35.7 Å². The predicted molar refractivity (Wildman–Crippen MR) is 90.4 cm³/mol. The molecule has 21 heavy (non-hydrogen) atoms. The zero-order valence-electron chi connectivity index (χ0n) is 12.8. The summed E-state index contributed by atoms with van der Waals surface area (Å²) in [4.78, 5) is 1.45. The third-order valence-electron chi connectivity index (χ3n) is 4.44. The Kier molecular flexibility index (Phi) is 4.49. The summed E-state index contributed by atoms with van der Waals surface area (Å²) in [5.74, 6) is 1.71. The molecule has 112 valence electrons. The predicted octanol–water partition coefficient (Wildman–Crippen LogP) is 5.41. The lowest BCUT2D eigenvalue weighted by Gasteiger charge is -2.25. The van der Waals surface area contributed by atoms with Crippen molar-refractivity contribution in [1.82, 2.24) is 0 Å². The third kappa shape index (κ3) is 3.24. The highest BCUT2D eigenvalue weighted by Crippen LogP contribution is 2.39. The van der Waals surface area contributed by atoms with Gasteiger partial charge in [0.25, 0.3) is 0 Å². The van der Waals surface area contributed by atoms with Gasteiger partial charge in [-0.1, -0.05) is 18.9 Å². The number of benzene rings is 1. The second-order valence-corrected chi connectivity index (χ2v) is 6.85. The van der Waals surface area contributed by atoms with Gasteiger partial charge >= 0.3 is 0 Å². The van der Waals surface area contributed by atoms with Crippen molar-refractivity contribution >= 4 is 17.0 Å². The fraction of sp³-hybridized carbons (Fsp3) is 0.444. The number of hydrogen-bond donors (Lipinski definition) is 1. The van der Waals surface area contributed by atoms with E-state index in [2.05, 4.69) is 48.0 Å². The number of thiophene rings is 1. The third-order valence-corrected chi connectivity index (χ3v) is 5.39. The highest BCUT2D eigenvalue weighted by Gasteiger charge is 2.27. The minimum atomic E-state index is 0.445. The largest absolute Gasteiger partial charge is 0.496 e. The molecule has 0 bridgehead atoms. The zero-order valence-corrected chi connectivity index (χ0v) is 13.6. The summed E-state index contributed by atoms with van der Waals surface area (Å²) in [6, 6.07) is 11.2. The Hall–Kier alpha value is -1.48. The van der Waals surface area contributed by atoms with E-state index in [0.717, 1.165) is 11.7 Å². The Morgan fingerprint density at radius 3 is 2.67 bits per heavy atom. The van der Waals surface area contributed by atoms with E-state index in [9.17, 15) is 0 Å². The van der Waals surface area contributed by atoms with Crippen molar-refractivity contribution in [1.29, 1.82) is 0 Å². The van der Waals surface area contributed by atoms with Gasteiger partial charge < -0.3 is 10.1 Å². The molecule has 0 amide bonds. The zero-order chi connectivity index (χ0) is 14.7. The number of rotatable bonds is 5. The van der Waals surface area contributed by atoms with Crippen LogP contribution in [0.4, 0.5) is 5.69 Å². The van der Waals surface area contributed by atoms with Crippen LogP contribution in [0.3, 0.4) is 0 Å². The van der Waals surface area contributed by atoms with Crippen LogP contribution in [0.5, 0.6) is 5.75 Å². The Labute approximate surface area is 131 Å². The second kappa shape index (κ2) is 6.52. The van der Waals surface area contributed by atoms with E-state index in [1.807, 2.05) is 11.3 Å². The molecule has 2 aromatic rings. The normalized spacial score (nSPS) is 16.9. The van der Waals surface area contributed by atoms with Crippen LogP contribution >= 0.6 is 11.3 Å². The second-order valence-electron chi connectivity index (χ2n) is 5.87. The van der Waals surface area contributed by atoms with Crippen molar-refractivity contribution in [2.24, 2.45) is 5.92 Å². The summed E-state index contributed by atoms with van der Waals surface area (Å²) in [5.41, 5.74) is 2.37. The Balaban J connectivity index is 1.82. The minimum Gasteiger partial charge on any atom is -0.496 e. The molecular weight excluding hydrogens is 278 g/mol. The van der Waals surface area contributed by atoms with Gasteiger partial charge in [0.15, 0.2) is 0 Å². The Bertz CT molecular complexity index is 573. The average Bonchev–Trinajstić information content (AvgIpc) is 3.18.